The molecule has 13 N–H and O–H groups in total. The van der Waals surface area contributed by atoms with E-state index in [9.17, 15) is 85.6 Å². The van der Waals surface area contributed by atoms with Crippen LogP contribution in [0.3, 0.4) is 0 Å². The Labute approximate surface area is 308 Å². The molecule has 4 aromatic rings. The smallest absolute Gasteiger partial charge is 0.339 e. The standard InChI is InChI=1S/C34H24O22/c35-10-1-6-15(23(43)19(10)39)16-7(2-11(36)20(40)24(16)44)31(48)54-27-14(5-52-30(6)47)53-34(51)29-28(27)55-32(49)8-3-12(37)21(41)25(45)17(8)18-9(33(50)56-29)4-13(38)22(42)26(18)46/h1-4,14,27-29,34-46,51H,5H2/t14-,27+,28+,29-,34-/m1/s1. The Morgan fingerprint density at radius 2 is 0.714 bits per heavy atom. The molecule has 0 spiro atoms. The van der Waals surface area contributed by atoms with Crippen molar-refractivity contribution in [2.24, 2.45) is 0 Å². The van der Waals surface area contributed by atoms with Gasteiger partial charge in [0.1, 0.15) is 12.7 Å². The van der Waals surface area contributed by atoms with Crippen LogP contribution in [0.5, 0.6) is 69.0 Å². The van der Waals surface area contributed by atoms with E-state index >= 15 is 0 Å². The Kier molecular flexibility index (Phi) is 8.31. The van der Waals surface area contributed by atoms with Crippen LogP contribution in [0.25, 0.3) is 22.3 Å². The van der Waals surface area contributed by atoms with Gasteiger partial charge in [0.05, 0.1) is 22.3 Å². The van der Waals surface area contributed by atoms with Crippen molar-refractivity contribution in [3.8, 4) is 91.2 Å². The zero-order valence-electron chi connectivity index (χ0n) is 27.4. The van der Waals surface area contributed by atoms with E-state index < -0.39 is 175 Å². The summed E-state index contributed by atoms with van der Waals surface area (Å²) in [4.78, 5) is 55.3. The number of aliphatic hydroxyl groups excluding tert-OH is 1. The first kappa shape index (κ1) is 36.6. The van der Waals surface area contributed by atoms with Crippen LogP contribution in [0.4, 0.5) is 0 Å². The third-order valence-corrected chi connectivity index (χ3v) is 9.11. The quantitative estimate of drug-likeness (QED) is 0.0661. The number of carbonyl (C=O) groups excluding carboxylic acids is 4. The Balaban J connectivity index is 1.44. The second kappa shape index (κ2) is 12.7. The second-order valence-electron chi connectivity index (χ2n) is 12.3. The van der Waals surface area contributed by atoms with E-state index in [2.05, 4.69) is 0 Å². The fourth-order valence-electron chi connectivity index (χ4n) is 6.46. The number of phenolic OH excluding ortho intramolecular Hbond substituents is 12. The zero-order valence-corrected chi connectivity index (χ0v) is 27.4. The van der Waals surface area contributed by atoms with Crippen molar-refractivity contribution in [3.05, 3.63) is 46.5 Å². The van der Waals surface area contributed by atoms with Gasteiger partial charge in [0.2, 0.25) is 23.0 Å². The maximum absolute atomic E-state index is 14.1. The highest BCUT2D eigenvalue weighted by molar-refractivity contribution is 6.10. The number of aromatic hydroxyl groups is 12. The fraction of sp³-hybridized carbons (Fsp3) is 0.176. The van der Waals surface area contributed by atoms with Crippen LogP contribution in [0, 0.1) is 0 Å². The van der Waals surface area contributed by atoms with Crippen molar-refractivity contribution in [1.82, 2.24) is 0 Å². The molecule has 0 radical (unpaired) electrons. The molecule has 5 atom stereocenters. The van der Waals surface area contributed by atoms with Gasteiger partial charge in [-0.3, -0.25) is 0 Å². The number of hydrogen-bond acceptors (Lipinski definition) is 22. The SMILES string of the molecule is O=C1OC[C@H]2O[C@@H](O)[C@@H]3OC(=O)c4cc(O)c(O)c(O)c4-c4c(cc(O)c(O)c4O)C(=O)O[C@H]3[C@H]2OC(=O)c2cc(O)c(O)c(O)c2-c2c1cc(O)c(O)c2O. The maximum atomic E-state index is 14.1. The third-order valence-electron chi connectivity index (χ3n) is 9.11. The second-order valence-corrected chi connectivity index (χ2v) is 12.3. The van der Waals surface area contributed by atoms with Crippen LogP contribution in [0.15, 0.2) is 24.3 Å². The Hall–Kier alpha value is -7.72. The summed E-state index contributed by atoms with van der Waals surface area (Å²) in [5.74, 6) is -21.9. The lowest BCUT2D eigenvalue weighted by atomic mass is 9.91. The van der Waals surface area contributed by atoms with E-state index in [1.165, 1.54) is 0 Å². The first-order chi connectivity index (χ1) is 26.3. The first-order valence-electron chi connectivity index (χ1n) is 15.6. The number of hydrogen-bond donors (Lipinski definition) is 13. The summed E-state index contributed by atoms with van der Waals surface area (Å²) in [7, 11) is 0. The van der Waals surface area contributed by atoms with Gasteiger partial charge < -0.3 is 90.1 Å². The summed E-state index contributed by atoms with van der Waals surface area (Å²) in [6, 6.07) is 1.96. The summed E-state index contributed by atoms with van der Waals surface area (Å²) in [6.07, 6.45) is -11.1. The molecular weight excluding hydrogens is 760 g/mol. The van der Waals surface area contributed by atoms with Crippen LogP contribution >= 0.6 is 0 Å². The van der Waals surface area contributed by atoms with Gasteiger partial charge in [0.25, 0.3) is 0 Å². The van der Waals surface area contributed by atoms with Crippen LogP contribution in [0.1, 0.15) is 41.4 Å². The van der Waals surface area contributed by atoms with E-state index in [0.717, 1.165) is 0 Å². The molecule has 0 amide bonds. The summed E-state index contributed by atoms with van der Waals surface area (Å²) in [5.41, 5.74) is -7.76. The molecule has 1 saturated heterocycles. The monoisotopic (exact) mass is 784 g/mol. The molecule has 3 aliphatic heterocycles. The molecule has 22 heteroatoms. The maximum Gasteiger partial charge on any atom is 0.339 e. The molecule has 0 bridgehead atoms. The van der Waals surface area contributed by atoms with Gasteiger partial charge in [0.15, 0.2) is 70.6 Å². The molecule has 56 heavy (non-hydrogen) atoms. The van der Waals surface area contributed by atoms with Gasteiger partial charge in [-0.25, -0.2) is 19.2 Å². The van der Waals surface area contributed by atoms with E-state index in [0.29, 0.717) is 24.3 Å². The number of benzene rings is 4. The molecule has 0 aliphatic carbocycles. The normalized spacial score (nSPS) is 21.8. The van der Waals surface area contributed by atoms with Crippen molar-refractivity contribution in [2.75, 3.05) is 6.61 Å². The summed E-state index contributed by atoms with van der Waals surface area (Å²) >= 11 is 0. The number of cyclic esters (lactones) is 1. The minimum Gasteiger partial charge on any atom is -0.504 e. The van der Waals surface area contributed by atoms with Crippen LogP contribution in [0.2, 0.25) is 0 Å². The molecule has 0 unspecified atom stereocenters. The molecule has 3 heterocycles. The average molecular weight is 785 g/mol. The van der Waals surface area contributed by atoms with E-state index in [1.807, 2.05) is 0 Å². The Morgan fingerprint density at radius 1 is 0.411 bits per heavy atom. The van der Waals surface area contributed by atoms with E-state index in [-0.39, 0.29) is 0 Å². The number of fused-ring (bicyclic) bond motifs is 9. The average Bonchev–Trinajstić information content (AvgIpc) is 3.16. The van der Waals surface area contributed by atoms with Crippen LogP contribution in [-0.2, 0) is 23.7 Å². The van der Waals surface area contributed by atoms with E-state index in [4.69, 9.17) is 23.7 Å². The van der Waals surface area contributed by atoms with Gasteiger partial charge in [-0.05, 0) is 24.3 Å². The third kappa shape index (κ3) is 5.34. The highest BCUT2D eigenvalue weighted by Gasteiger charge is 2.54. The topological polar surface area (TPSA) is 377 Å². The Morgan fingerprint density at radius 3 is 1.07 bits per heavy atom. The fourth-order valence-corrected chi connectivity index (χ4v) is 6.46. The highest BCUT2D eigenvalue weighted by atomic mass is 16.7. The van der Waals surface area contributed by atoms with Gasteiger partial charge in [-0.2, -0.15) is 0 Å². The van der Waals surface area contributed by atoms with Gasteiger partial charge >= 0.3 is 23.9 Å². The van der Waals surface area contributed by atoms with Crippen molar-refractivity contribution in [1.29, 1.82) is 0 Å². The summed E-state index contributed by atoms with van der Waals surface area (Å²) in [5, 5.41) is 137. The van der Waals surface area contributed by atoms with Crippen molar-refractivity contribution < 1.29 is 109 Å². The predicted molar refractivity (Wildman–Crippen MR) is 173 cm³/mol. The number of rotatable bonds is 0. The van der Waals surface area contributed by atoms with Crippen LogP contribution < -0.4 is 0 Å². The first-order valence-corrected chi connectivity index (χ1v) is 15.6. The molecule has 22 nitrogen and oxygen atoms in total. The van der Waals surface area contributed by atoms with Crippen molar-refractivity contribution in [2.45, 2.75) is 30.7 Å². The molecule has 1 fully saturated rings. The number of esters is 4. The minimum atomic E-state index is -2.40. The highest BCUT2D eigenvalue weighted by Crippen LogP contribution is 2.55. The van der Waals surface area contributed by atoms with Crippen molar-refractivity contribution >= 4 is 23.9 Å². The lowest BCUT2D eigenvalue weighted by Crippen LogP contribution is -2.62. The lowest BCUT2D eigenvalue weighted by Gasteiger charge is -2.43. The largest absolute Gasteiger partial charge is 0.504 e. The number of carbonyl (C=O) groups is 4. The summed E-state index contributed by atoms with van der Waals surface area (Å²) in [6.45, 7) is -1.08. The minimum absolute atomic E-state index is 0.465. The van der Waals surface area contributed by atoms with Gasteiger partial charge in [-0.15, -0.1) is 0 Å². The number of aliphatic hydroxyl groups is 1. The summed E-state index contributed by atoms with van der Waals surface area (Å²) < 4.78 is 27.2. The number of ether oxygens (including phenoxy) is 5. The predicted octanol–water partition coefficient (Wildman–Crippen LogP) is 0.665. The molecule has 292 valence electrons. The molecule has 3 aliphatic rings. The molecule has 0 saturated carbocycles. The lowest BCUT2D eigenvalue weighted by molar-refractivity contribution is -0.284. The van der Waals surface area contributed by atoms with Gasteiger partial charge in [-0.1, -0.05) is 0 Å². The Bertz CT molecular complexity index is 2440. The van der Waals surface area contributed by atoms with Crippen molar-refractivity contribution in [3.63, 3.8) is 0 Å². The van der Waals surface area contributed by atoms with Gasteiger partial charge in [0, 0.05) is 22.3 Å². The molecular formula is C34H24O22. The zero-order chi connectivity index (χ0) is 40.8. The van der Waals surface area contributed by atoms with E-state index in [1.54, 1.807) is 0 Å². The van der Waals surface area contributed by atoms with Crippen LogP contribution in [-0.4, -0.2) is 128 Å². The number of phenols is 12. The molecule has 7 rings (SSSR count). The molecule has 4 aromatic carbocycles. The molecule has 0 aromatic heterocycles.